The molecule has 25 heavy (non-hydrogen) atoms. The fourth-order valence-electron chi connectivity index (χ4n) is 2.48. The van der Waals surface area contributed by atoms with Crippen molar-refractivity contribution in [2.75, 3.05) is 0 Å². The number of benzene rings is 2. The average Bonchev–Trinajstić information content (AvgIpc) is 2.55. The van der Waals surface area contributed by atoms with Gasteiger partial charge < -0.3 is 15.8 Å². The molecule has 0 aromatic heterocycles. The highest BCUT2D eigenvalue weighted by Gasteiger charge is 2.49. The second-order valence-corrected chi connectivity index (χ2v) is 5.41. The van der Waals surface area contributed by atoms with Gasteiger partial charge in [0, 0.05) is 11.8 Å². The summed E-state index contributed by atoms with van der Waals surface area (Å²) >= 11 is 0. The van der Waals surface area contributed by atoms with Crippen molar-refractivity contribution >= 4 is 5.96 Å². The van der Waals surface area contributed by atoms with E-state index in [4.69, 9.17) is 16.2 Å². The largest absolute Gasteiger partial charge is 0.457 e. The van der Waals surface area contributed by atoms with E-state index in [1.807, 2.05) is 6.07 Å². The highest BCUT2D eigenvalue weighted by molar-refractivity contribution is 5.81. The average molecular weight is 348 g/mol. The van der Waals surface area contributed by atoms with Crippen molar-refractivity contribution in [1.82, 2.24) is 5.32 Å². The fraction of sp³-hybridized carbons (Fsp3) is 0.118. The number of halogens is 3. The molecule has 8 heteroatoms. The standard InChI is InChI=1S/C17H15F3N4O/c18-17(19,20)14-10-23-15(21)24-16(14,22)11-5-4-8-13(9-11)25-12-6-2-1-3-7-12/h1-10H,22H2,(H3,21,23,24). The normalized spacial score (nSPS) is 20.3. The zero-order chi connectivity index (χ0) is 18.1. The van der Waals surface area contributed by atoms with Gasteiger partial charge in [0.15, 0.2) is 11.6 Å². The van der Waals surface area contributed by atoms with E-state index in [-0.39, 0.29) is 11.5 Å². The minimum Gasteiger partial charge on any atom is -0.457 e. The topological polar surface area (TPSA) is 85.7 Å². The van der Waals surface area contributed by atoms with Gasteiger partial charge in [0.2, 0.25) is 0 Å². The van der Waals surface area contributed by atoms with Crippen LogP contribution in [0.25, 0.3) is 0 Å². The fourth-order valence-corrected chi connectivity index (χ4v) is 2.48. The Balaban J connectivity index is 2.01. The number of nitrogens with zero attached hydrogens (tertiary/aromatic N) is 1. The van der Waals surface area contributed by atoms with Gasteiger partial charge in [-0.2, -0.15) is 13.2 Å². The number of hydrogen-bond acceptors (Lipinski definition) is 5. The number of ether oxygens (including phenoxy) is 1. The van der Waals surface area contributed by atoms with Gasteiger partial charge in [0.05, 0.1) is 5.57 Å². The highest BCUT2D eigenvalue weighted by Crippen LogP contribution is 2.41. The van der Waals surface area contributed by atoms with Gasteiger partial charge in [-0.25, -0.2) is 4.99 Å². The lowest BCUT2D eigenvalue weighted by atomic mass is 9.91. The molecule has 3 rings (SSSR count). The van der Waals surface area contributed by atoms with Crippen molar-refractivity contribution in [2.24, 2.45) is 16.5 Å². The van der Waals surface area contributed by atoms with E-state index in [1.165, 1.54) is 12.1 Å². The van der Waals surface area contributed by atoms with Crippen molar-refractivity contribution in [2.45, 2.75) is 11.8 Å². The molecule has 1 unspecified atom stereocenters. The van der Waals surface area contributed by atoms with Crippen LogP contribution in [0.3, 0.4) is 0 Å². The molecule has 130 valence electrons. The number of guanidine groups is 1. The van der Waals surface area contributed by atoms with Crippen molar-refractivity contribution in [3.63, 3.8) is 0 Å². The Kier molecular flexibility index (Phi) is 4.13. The summed E-state index contributed by atoms with van der Waals surface area (Å²) in [6.07, 6.45) is -3.95. The zero-order valence-corrected chi connectivity index (χ0v) is 12.9. The van der Waals surface area contributed by atoms with E-state index in [0.717, 1.165) is 6.20 Å². The molecule has 0 radical (unpaired) electrons. The first-order chi connectivity index (χ1) is 11.8. The molecular formula is C17H15F3N4O. The van der Waals surface area contributed by atoms with E-state index in [0.29, 0.717) is 11.5 Å². The van der Waals surface area contributed by atoms with Crippen molar-refractivity contribution < 1.29 is 17.9 Å². The first-order valence-electron chi connectivity index (χ1n) is 7.31. The molecule has 2 aromatic carbocycles. The molecule has 2 aromatic rings. The maximum Gasteiger partial charge on any atom is 0.418 e. The monoisotopic (exact) mass is 348 g/mol. The molecule has 0 saturated heterocycles. The summed E-state index contributed by atoms with van der Waals surface area (Å²) in [6.45, 7) is 0. The molecule has 0 saturated carbocycles. The minimum atomic E-state index is -4.68. The summed E-state index contributed by atoms with van der Waals surface area (Å²) in [4.78, 5) is 3.80. The molecular weight excluding hydrogens is 333 g/mol. The molecule has 1 aliphatic rings. The van der Waals surface area contributed by atoms with Crippen LogP contribution < -0.4 is 21.5 Å². The molecule has 0 bridgehead atoms. The van der Waals surface area contributed by atoms with Crippen molar-refractivity contribution in [3.05, 3.63) is 71.9 Å². The van der Waals surface area contributed by atoms with Crippen LogP contribution in [-0.4, -0.2) is 12.1 Å². The lowest BCUT2D eigenvalue weighted by molar-refractivity contribution is -0.102. The predicted molar refractivity (Wildman–Crippen MR) is 87.7 cm³/mol. The Morgan fingerprint density at radius 3 is 2.36 bits per heavy atom. The number of rotatable bonds is 3. The van der Waals surface area contributed by atoms with Crippen LogP contribution in [0, 0.1) is 0 Å². The number of aliphatic imine (C=N–C) groups is 1. The molecule has 1 aliphatic heterocycles. The maximum atomic E-state index is 13.4. The van der Waals surface area contributed by atoms with Gasteiger partial charge in [-0.05, 0) is 24.3 Å². The molecule has 5 N–H and O–H groups in total. The van der Waals surface area contributed by atoms with Gasteiger partial charge >= 0.3 is 6.18 Å². The molecule has 5 nitrogen and oxygen atoms in total. The summed E-state index contributed by atoms with van der Waals surface area (Å²) < 4.78 is 45.8. The number of hydrogen-bond donors (Lipinski definition) is 3. The third kappa shape index (κ3) is 3.43. The summed E-state index contributed by atoms with van der Waals surface area (Å²) in [5.41, 5.74) is 8.44. The summed E-state index contributed by atoms with van der Waals surface area (Å²) in [5.74, 6) is 0.679. The van der Waals surface area contributed by atoms with Gasteiger partial charge in [0.25, 0.3) is 0 Å². The minimum absolute atomic E-state index is 0.106. The first-order valence-corrected chi connectivity index (χ1v) is 7.31. The molecule has 0 aliphatic carbocycles. The quantitative estimate of drug-likeness (QED) is 0.796. The van der Waals surface area contributed by atoms with Crippen LogP contribution in [0.15, 0.2) is 71.4 Å². The third-order valence-corrected chi connectivity index (χ3v) is 3.63. The maximum absolute atomic E-state index is 13.4. The van der Waals surface area contributed by atoms with Crippen LogP contribution in [-0.2, 0) is 5.66 Å². The highest BCUT2D eigenvalue weighted by atomic mass is 19.4. The third-order valence-electron chi connectivity index (χ3n) is 3.63. The molecule has 0 fully saturated rings. The van der Waals surface area contributed by atoms with Crippen LogP contribution in [0.4, 0.5) is 13.2 Å². The van der Waals surface area contributed by atoms with Crippen LogP contribution in [0.2, 0.25) is 0 Å². The SMILES string of the molecule is NC1=NC(N)(c2cccc(Oc3ccccc3)c2)C(C(F)(F)F)=CN1. The summed E-state index contributed by atoms with van der Waals surface area (Å²) in [5, 5.41) is 2.25. The number of nitrogens with one attached hydrogen (secondary N) is 1. The molecule has 1 atom stereocenters. The molecule has 1 heterocycles. The summed E-state index contributed by atoms with van der Waals surface area (Å²) in [6, 6.07) is 14.9. The first kappa shape index (κ1) is 16.8. The summed E-state index contributed by atoms with van der Waals surface area (Å²) in [7, 11) is 0. The number of para-hydroxylation sites is 1. The van der Waals surface area contributed by atoms with Gasteiger partial charge in [0.1, 0.15) is 11.5 Å². The molecule has 0 amide bonds. The Hall–Kier alpha value is -3.00. The Labute approximate surface area is 141 Å². The lowest BCUT2D eigenvalue weighted by Gasteiger charge is -2.33. The zero-order valence-electron chi connectivity index (χ0n) is 12.9. The van der Waals surface area contributed by atoms with Crippen LogP contribution in [0.5, 0.6) is 11.5 Å². The van der Waals surface area contributed by atoms with Gasteiger partial charge in [-0.1, -0.05) is 30.3 Å². The van der Waals surface area contributed by atoms with Crippen LogP contribution >= 0.6 is 0 Å². The van der Waals surface area contributed by atoms with E-state index in [9.17, 15) is 13.2 Å². The van der Waals surface area contributed by atoms with E-state index in [2.05, 4.69) is 10.3 Å². The lowest BCUT2D eigenvalue weighted by Crippen LogP contribution is -2.49. The van der Waals surface area contributed by atoms with E-state index < -0.39 is 17.4 Å². The molecule has 0 spiro atoms. The number of nitrogens with two attached hydrogens (primary N) is 2. The Bertz CT molecular complexity index is 833. The van der Waals surface area contributed by atoms with Gasteiger partial charge in [-0.15, -0.1) is 0 Å². The Morgan fingerprint density at radius 2 is 1.68 bits per heavy atom. The van der Waals surface area contributed by atoms with Crippen molar-refractivity contribution in [3.8, 4) is 11.5 Å². The predicted octanol–water partition coefficient (Wildman–Crippen LogP) is 2.95. The smallest absolute Gasteiger partial charge is 0.418 e. The van der Waals surface area contributed by atoms with E-state index in [1.54, 1.807) is 36.4 Å². The second-order valence-electron chi connectivity index (χ2n) is 5.41. The van der Waals surface area contributed by atoms with Crippen molar-refractivity contribution in [1.29, 1.82) is 0 Å². The van der Waals surface area contributed by atoms with E-state index >= 15 is 0 Å². The second kappa shape index (κ2) is 6.14. The number of alkyl halides is 3. The van der Waals surface area contributed by atoms with Gasteiger partial charge in [-0.3, -0.25) is 5.73 Å². The Morgan fingerprint density at radius 1 is 1.00 bits per heavy atom. The van der Waals surface area contributed by atoms with Crippen LogP contribution in [0.1, 0.15) is 5.56 Å².